The van der Waals surface area contributed by atoms with Crippen LogP contribution in [0.1, 0.15) is 6.92 Å². The monoisotopic (exact) mass is 409 g/mol. The smallest absolute Gasteiger partial charge is 0.400 e. The number of aliphatic imine (C=N–C) groups is 1. The van der Waals surface area contributed by atoms with E-state index in [9.17, 15) is 23.4 Å². The van der Waals surface area contributed by atoms with Crippen molar-refractivity contribution in [3.8, 4) is 0 Å². The van der Waals surface area contributed by atoms with Gasteiger partial charge in [0.15, 0.2) is 18.1 Å². The standard InChI is InChI=1S/C12H20N6O8S/c1-5(19)25-4-6-8-11(17-9(13)16-8)12(20,21)7(26-27(22,23)24-2)3-18(11)10(14)15-6/h6-8,20-21H,3-4H2,1-2H3,(H5,13,14,15,16,17)/p+1/t6-,7+,8-,11-/m0/s1. The number of ether oxygens (including phenoxy) is 1. The molecule has 4 atom stereocenters. The van der Waals surface area contributed by atoms with Crippen molar-refractivity contribution in [2.75, 3.05) is 20.3 Å². The van der Waals surface area contributed by atoms with Crippen LogP contribution >= 0.6 is 0 Å². The number of nitrogens with two attached hydrogens (primary N) is 2. The minimum atomic E-state index is -4.50. The normalized spacial score (nSPS) is 34.2. The molecule has 0 saturated carbocycles. The summed E-state index contributed by atoms with van der Waals surface area (Å²) in [4.78, 5) is 15.3. The predicted octanol–water partition coefficient (Wildman–Crippen LogP) is -5.20. The van der Waals surface area contributed by atoms with Crippen LogP contribution in [0.15, 0.2) is 4.99 Å². The third-order valence-electron chi connectivity index (χ3n) is 4.72. The van der Waals surface area contributed by atoms with Crippen molar-refractivity contribution in [2.45, 2.75) is 36.6 Å². The van der Waals surface area contributed by atoms with Crippen molar-refractivity contribution in [3.05, 3.63) is 0 Å². The Morgan fingerprint density at radius 1 is 1.44 bits per heavy atom. The van der Waals surface area contributed by atoms with Crippen molar-refractivity contribution >= 4 is 28.3 Å². The molecule has 14 nitrogen and oxygen atoms in total. The fourth-order valence-electron chi connectivity index (χ4n) is 3.60. The molecule has 0 aromatic heterocycles. The summed E-state index contributed by atoms with van der Waals surface area (Å²) in [6.07, 6.45) is -1.69. The van der Waals surface area contributed by atoms with Gasteiger partial charge in [-0.3, -0.25) is 20.0 Å². The lowest BCUT2D eigenvalue weighted by Crippen LogP contribution is -2.78. The van der Waals surface area contributed by atoms with E-state index in [-0.39, 0.29) is 25.1 Å². The minimum absolute atomic E-state index is 0.0470. The summed E-state index contributed by atoms with van der Waals surface area (Å²) >= 11 is 0. The fourth-order valence-corrected chi connectivity index (χ4v) is 4.16. The lowest BCUT2D eigenvalue weighted by Gasteiger charge is -2.43. The molecule has 0 aromatic carbocycles. The summed E-state index contributed by atoms with van der Waals surface area (Å²) < 4.78 is 38.5. The molecule has 0 aromatic rings. The van der Waals surface area contributed by atoms with Gasteiger partial charge in [-0.05, 0) is 0 Å². The second-order valence-electron chi connectivity index (χ2n) is 6.29. The van der Waals surface area contributed by atoms with Gasteiger partial charge in [-0.2, -0.15) is 8.42 Å². The largest absolute Gasteiger partial charge is 0.462 e. The van der Waals surface area contributed by atoms with Crippen LogP contribution in [0.3, 0.4) is 0 Å². The molecule has 0 amide bonds. The predicted molar refractivity (Wildman–Crippen MR) is 87.1 cm³/mol. The van der Waals surface area contributed by atoms with Gasteiger partial charge in [-0.25, -0.2) is 13.8 Å². The Hall–Kier alpha value is -2.20. The highest BCUT2D eigenvalue weighted by atomic mass is 32.3. The van der Waals surface area contributed by atoms with E-state index in [4.69, 9.17) is 20.4 Å². The van der Waals surface area contributed by atoms with E-state index in [0.29, 0.717) is 0 Å². The summed E-state index contributed by atoms with van der Waals surface area (Å²) in [5.74, 6) is -3.58. The lowest BCUT2D eigenvalue weighted by atomic mass is 9.86. The minimum Gasteiger partial charge on any atom is -0.462 e. The lowest BCUT2D eigenvalue weighted by molar-refractivity contribution is -0.623. The molecular weight excluding hydrogens is 388 g/mol. The van der Waals surface area contributed by atoms with Gasteiger partial charge in [0.05, 0.1) is 7.11 Å². The van der Waals surface area contributed by atoms with Gasteiger partial charge in [-0.15, -0.1) is 0 Å². The number of hydrogen-bond donors (Lipinski definition) is 6. The molecule has 27 heavy (non-hydrogen) atoms. The Morgan fingerprint density at radius 2 is 2.11 bits per heavy atom. The van der Waals surface area contributed by atoms with Gasteiger partial charge in [0.1, 0.15) is 19.2 Å². The number of nitrogens with zero attached hydrogens (tertiary/aromatic N) is 2. The highest BCUT2D eigenvalue weighted by molar-refractivity contribution is 7.81. The molecule has 0 radical (unpaired) electrons. The third-order valence-corrected chi connectivity index (χ3v) is 5.59. The first-order chi connectivity index (χ1) is 12.4. The van der Waals surface area contributed by atoms with E-state index >= 15 is 0 Å². The van der Waals surface area contributed by atoms with Crippen molar-refractivity contribution in [2.24, 2.45) is 16.5 Å². The molecule has 15 heteroatoms. The molecule has 3 rings (SSSR count). The maximum absolute atomic E-state index is 11.7. The molecule has 1 spiro atoms. The maximum atomic E-state index is 11.7. The summed E-state index contributed by atoms with van der Waals surface area (Å²) in [7, 11) is -3.64. The Bertz CT molecular complexity index is 826. The number of hydrogen-bond acceptors (Lipinski definition) is 13. The topological polar surface area (TPSA) is 211 Å². The number of carbonyl (C=O) groups excluding carboxylic acids is 1. The van der Waals surface area contributed by atoms with E-state index < -0.39 is 46.0 Å². The number of esters is 1. The average Bonchev–Trinajstić information content (AvgIpc) is 3.02. The van der Waals surface area contributed by atoms with Crippen LogP contribution in [0.4, 0.5) is 0 Å². The van der Waals surface area contributed by atoms with Gasteiger partial charge in [0.2, 0.25) is 5.66 Å². The molecule has 3 aliphatic rings. The number of aliphatic hydroxyl groups is 2. The van der Waals surface area contributed by atoms with Crippen LogP contribution in [-0.2, 0) is 28.3 Å². The summed E-state index contributed by atoms with van der Waals surface area (Å²) in [6, 6.07) is -1.80. The highest BCUT2D eigenvalue weighted by Crippen LogP contribution is 2.42. The first kappa shape index (κ1) is 19.6. The SMILES string of the molecule is COS(=O)(=O)O[C@@H]1C[N+]2=C(N)N[C@@H](COC(C)=O)[C@@H]3N=C(N)N[C@@]32C1(O)O. The number of guanidine groups is 2. The quantitative estimate of drug-likeness (QED) is 0.143. The molecule has 0 aliphatic carbocycles. The van der Waals surface area contributed by atoms with E-state index in [1.165, 1.54) is 11.5 Å². The molecular formula is C12H21N6O8S+. The molecule has 0 bridgehead atoms. The molecule has 3 aliphatic heterocycles. The maximum Gasteiger partial charge on any atom is 0.400 e. The molecule has 1 saturated heterocycles. The van der Waals surface area contributed by atoms with E-state index in [0.717, 1.165) is 7.11 Å². The molecule has 3 heterocycles. The van der Waals surface area contributed by atoms with Gasteiger partial charge >= 0.3 is 22.3 Å². The van der Waals surface area contributed by atoms with Crippen molar-refractivity contribution in [1.29, 1.82) is 0 Å². The first-order valence-electron chi connectivity index (χ1n) is 7.79. The number of carbonyl (C=O) groups is 1. The number of rotatable bonds is 5. The molecule has 0 unspecified atom stereocenters. The third kappa shape index (κ3) is 2.87. The summed E-state index contributed by atoms with van der Waals surface area (Å²) in [5.41, 5.74) is 9.89. The van der Waals surface area contributed by atoms with Gasteiger partial charge < -0.3 is 26.0 Å². The van der Waals surface area contributed by atoms with E-state index in [2.05, 4.69) is 19.8 Å². The molecule has 1 fully saturated rings. The summed E-state index contributed by atoms with van der Waals surface area (Å²) in [5, 5.41) is 27.3. The van der Waals surface area contributed by atoms with Crippen LogP contribution in [-0.4, -0.2) is 91.0 Å². The Balaban J connectivity index is 2.04. The van der Waals surface area contributed by atoms with E-state index in [1.54, 1.807) is 0 Å². The van der Waals surface area contributed by atoms with Crippen LogP contribution in [0.25, 0.3) is 0 Å². The zero-order valence-corrected chi connectivity index (χ0v) is 15.3. The van der Waals surface area contributed by atoms with Gasteiger partial charge in [-0.1, -0.05) is 0 Å². The van der Waals surface area contributed by atoms with Crippen molar-refractivity contribution in [3.63, 3.8) is 0 Å². The van der Waals surface area contributed by atoms with Crippen LogP contribution in [0.5, 0.6) is 0 Å². The van der Waals surface area contributed by atoms with Crippen LogP contribution in [0.2, 0.25) is 0 Å². The molecule has 152 valence electrons. The second-order valence-corrected chi connectivity index (χ2v) is 7.63. The highest BCUT2D eigenvalue weighted by Gasteiger charge is 2.76. The van der Waals surface area contributed by atoms with Crippen molar-refractivity contribution < 1.29 is 41.1 Å². The first-order valence-corrected chi connectivity index (χ1v) is 9.13. The summed E-state index contributed by atoms with van der Waals surface area (Å²) in [6.45, 7) is 0.660. The van der Waals surface area contributed by atoms with E-state index in [1.807, 2.05) is 0 Å². The molecule has 8 N–H and O–H groups in total. The average molecular weight is 409 g/mol. The van der Waals surface area contributed by atoms with Gasteiger partial charge in [0, 0.05) is 6.92 Å². The zero-order chi connectivity index (χ0) is 20.2. The van der Waals surface area contributed by atoms with Crippen LogP contribution in [0, 0.1) is 0 Å². The Kier molecular flexibility index (Phi) is 4.47. The van der Waals surface area contributed by atoms with Crippen LogP contribution < -0.4 is 22.1 Å². The van der Waals surface area contributed by atoms with Crippen molar-refractivity contribution in [1.82, 2.24) is 10.6 Å². The Labute approximate surface area is 154 Å². The number of nitrogens with one attached hydrogen (secondary N) is 2. The van der Waals surface area contributed by atoms with Gasteiger partial charge in [0.25, 0.3) is 5.79 Å². The fraction of sp³-hybridized carbons (Fsp3) is 0.750. The Morgan fingerprint density at radius 3 is 2.70 bits per heavy atom. The zero-order valence-electron chi connectivity index (χ0n) is 14.4. The second kappa shape index (κ2) is 6.16.